The number of hydrogen-bond donors (Lipinski definition) is 1. The van der Waals surface area contributed by atoms with Crippen LogP contribution in [0.25, 0.3) is 16.9 Å². The predicted molar refractivity (Wildman–Crippen MR) is 105 cm³/mol. The molecule has 0 fully saturated rings. The van der Waals surface area contributed by atoms with E-state index in [2.05, 4.69) is 10.3 Å². The fraction of sp³-hybridized carbons (Fsp3) is 0.0909. The second-order valence-corrected chi connectivity index (χ2v) is 6.71. The van der Waals surface area contributed by atoms with Crippen LogP contribution in [0.1, 0.15) is 21.5 Å². The first-order valence-electron chi connectivity index (χ1n) is 8.84. The second-order valence-electron chi connectivity index (χ2n) is 6.71. The number of nitrogens with zero attached hydrogens (tertiary/aromatic N) is 2. The van der Waals surface area contributed by atoms with Gasteiger partial charge in [-0.25, -0.2) is 4.98 Å². The minimum atomic E-state index is -4.43. The van der Waals surface area contributed by atoms with E-state index in [-0.39, 0.29) is 5.56 Å². The van der Waals surface area contributed by atoms with Crippen LogP contribution in [0.2, 0.25) is 0 Å². The molecule has 1 N–H and O–H groups in total. The molecular formula is C22H16F3N3O. The van der Waals surface area contributed by atoms with Gasteiger partial charge in [0.15, 0.2) is 0 Å². The topological polar surface area (TPSA) is 46.4 Å². The van der Waals surface area contributed by atoms with Crippen molar-refractivity contribution in [3.05, 3.63) is 89.7 Å². The molecule has 0 bridgehead atoms. The van der Waals surface area contributed by atoms with E-state index < -0.39 is 17.6 Å². The number of carbonyl (C=O) groups excluding carboxylic acids is 1. The van der Waals surface area contributed by atoms with Gasteiger partial charge in [-0.15, -0.1) is 0 Å². The molecule has 0 aliphatic carbocycles. The minimum absolute atomic E-state index is 0.145. The maximum absolute atomic E-state index is 12.7. The number of aryl methyl sites for hydroxylation is 1. The number of fused-ring (bicyclic) bond motifs is 1. The summed E-state index contributed by atoms with van der Waals surface area (Å²) in [5.41, 5.74) is 3.37. The fourth-order valence-electron chi connectivity index (χ4n) is 3.01. The van der Waals surface area contributed by atoms with Gasteiger partial charge >= 0.3 is 6.18 Å². The predicted octanol–water partition coefficient (Wildman–Crippen LogP) is 5.58. The zero-order valence-electron chi connectivity index (χ0n) is 15.4. The van der Waals surface area contributed by atoms with Crippen molar-refractivity contribution in [2.24, 2.45) is 0 Å². The van der Waals surface area contributed by atoms with Gasteiger partial charge in [-0.3, -0.25) is 4.79 Å². The monoisotopic (exact) mass is 395 g/mol. The molecule has 2 aromatic carbocycles. The summed E-state index contributed by atoms with van der Waals surface area (Å²) in [5, 5.41) is 2.71. The Hall–Kier alpha value is -3.61. The Kier molecular flexibility index (Phi) is 4.58. The number of rotatable bonds is 3. The third-order valence-corrected chi connectivity index (χ3v) is 4.49. The second kappa shape index (κ2) is 7.09. The lowest BCUT2D eigenvalue weighted by Crippen LogP contribution is -2.12. The number of amides is 1. The lowest BCUT2D eigenvalue weighted by atomic mass is 10.1. The van der Waals surface area contributed by atoms with Crippen LogP contribution in [0.15, 0.2) is 73.1 Å². The highest BCUT2D eigenvalue weighted by atomic mass is 19.4. The van der Waals surface area contributed by atoms with Crippen molar-refractivity contribution in [2.75, 3.05) is 5.32 Å². The number of halogens is 3. The lowest BCUT2D eigenvalue weighted by Gasteiger charge is -2.09. The van der Waals surface area contributed by atoms with Crippen LogP contribution < -0.4 is 5.32 Å². The lowest BCUT2D eigenvalue weighted by molar-refractivity contribution is -0.137. The molecule has 29 heavy (non-hydrogen) atoms. The zero-order chi connectivity index (χ0) is 20.6. The van der Waals surface area contributed by atoms with Gasteiger partial charge in [0.25, 0.3) is 5.91 Å². The van der Waals surface area contributed by atoms with Crippen LogP contribution in [0.3, 0.4) is 0 Å². The number of aromatic nitrogens is 2. The van der Waals surface area contributed by atoms with E-state index in [1.807, 2.05) is 41.9 Å². The summed E-state index contributed by atoms with van der Waals surface area (Å²) in [6, 6.07) is 15.2. The smallest absolute Gasteiger partial charge is 0.322 e. The summed E-state index contributed by atoms with van der Waals surface area (Å²) in [4.78, 5) is 17.0. The van der Waals surface area contributed by atoms with Gasteiger partial charge in [0.1, 0.15) is 5.65 Å². The molecule has 0 spiro atoms. The van der Waals surface area contributed by atoms with Gasteiger partial charge in [0.05, 0.1) is 11.3 Å². The molecule has 0 unspecified atom stereocenters. The van der Waals surface area contributed by atoms with Gasteiger partial charge in [0.2, 0.25) is 0 Å². The third-order valence-electron chi connectivity index (χ3n) is 4.49. The van der Waals surface area contributed by atoms with Crippen molar-refractivity contribution in [3.8, 4) is 11.3 Å². The highest BCUT2D eigenvalue weighted by Gasteiger charge is 2.30. The van der Waals surface area contributed by atoms with Crippen molar-refractivity contribution in [3.63, 3.8) is 0 Å². The van der Waals surface area contributed by atoms with Crippen molar-refractivity contribution in [1.29, 1.82) is 0 Å². The Labute approximate surface area is 164 Å². The summed E-state index contributed by atoms with van der Waals surface area (Å²) >= 11 is 0. The van der Waals surface area contributed by atoms with Gasteiger partial charge in [-0.05, 0) is 55.0 Å². The van der Waals surface area contributed by atoms with Crippen LogP contribution in [-0.2, 0) is 6.18 Å². The average molecular weight is 395 g/mol. The summed E-state index contributed by atoms with van der Waals surface area (Å²) in [6.07, 6.45) is -0.558. The van der Waals surface area contributed by atoms with Crippen molar-refractivity contribution in [2.45, 2.75) is 13.1 Å². The van der Waals surface area contributed by atoms with Gasteiger partial charge < -0.3 is 9.72 Å². The largest absolute Gasteiger partial charge is 0.416 e. The molecular weight excluding hydrogens is 379 g/mol. The summed E-state index contributed by atoms with van der Waals surface area (Å²) in [7, 11) is 0. The number of hydrogen-bond acceptors (Lipinski definition) is 2. The molecule has 4 rings (SSSR count). The molecule has 0 radical (unpaired) electrons. The number of alkyl halides is 3. The SMILES string of the molecule is Cc1ccc2nc(-c3cccc(NC(=O)c4ccc(C(F)(F)F)cc4)c3)cn2c1. The van der Waals surface area contributed by atoms with E-state index in [0.717, 1.165) is 46.7 Å². The van der Waals surface area contributed by atoms with E-state index in [4.69, 9.17) is 0 Å². The highest BCUT2D eigenvalue weighted by molar-refractivity contribution is 6.04. The first-order valence-corrected chi connectivity index (χ1v) is 8.84. The first kappa shape index (κ1) is 18.7. The average Bonchev–Trinajstić information content (AvgIpc) is 3.11. The molecule has 2 heterocycles. The minimum Gasteiger partial charge on any atom is -0.322 e. The number of anilines is 1. The molecule has 7 heteroatoms. The van der Waals surface area contributed by atoms with E-state index >= 15 is 0 Å². The van der Waals surface area contributed by atoms with E-state index in [0.29, 0.717) is 5.69 Å². The molecule has 4 nitrogen and oxygen atoms in total. The number of carbonyl (C=O) groups is 1. The molecule has 4 aromatic rings. The number of imidazole rings is 1. The van der Waals surface area contributed by atoms with Crippen LogP contribution in [-0.4, -0.2) is 15.3 Å². The van der Waals surface area contributed by atoms with Crippen LogP contribution >= 0.6 is 0 Å². The summed E-state index contributed by atoms with van der Waals surface area (Å²) < 4.78 is 39.9. The highest BCUT2D eigenvalue weighted by Crippen LogP contribution is 2.29. The molecule has 0 aliphatic heterocycles. The molecule has 0 atom stereocenters. The third kappa shape index (κ3) is 3.99. The van der Waals surface area contributed by atoms with E-state index in [1.165, 1.54) is 0 Å². The zero-order valence-corrected chi connectivity index (χ0v) is 15.4. The first-order chi connectivity index (χ1) is 13.8. The normalized spacial score (nSPS) is 11.6. The quantitative estimate of drug-likeness (QED) is 0.492. The maximum atomic E-state index is 12.7. The molecule has 2 aromatic heterocycles. The van der Waals surface area contributed by atoms with Crippen LogP contribution in [0.5, 0.6) is 0 Å². The number of nitrogens with one attached hydrogen (secondary N) is 1. The number of pyridine rings is 1. The molecule has 146 valence electrons. The Morgan fingerprint density at radius 2 is 1.76 bits per heavy atom. The Bertz CT molecular complexity index is 1190. The van der Waals surface area contributed by atoms with Gasteiger partial charge in [0, 0.05) is 29.2 Å². The Balaban J connectivity index is 1.56. The van der Waals surface area contributed by atoms with Crippen molar-refractivity contribution in [1.82, 2.24) is 9.38 Å². The van der Waals surface area contributed by atoms with Crippen molar-refractivity contribution < 1.29 is 18.0 Å². The van der Waals surface area contributed by atoms with Gasteiger partial charge in [-0.1, -0.05) is 18.2 Å². The van der Waals surface area contributed by atoms with Crippen LogP contribution in [0, 0.1) is 6.92 Å². The van der Waals surface area contributed by atoms with E-state index in [1.54, 1.807) is 18.2 Å². The fourth-order valence-corrected chi connectivity index (χ4v) is 3.01. The standard InChI is InChI=1S/C22H16F3N3O/c1-14-5-10-20-27-19(13-28(20)12-14)16-3-2-4-18(11-16)26-21(29)15-6-8-17(9-7-15)22(23,24)25/h2-13H,1H3,(H,26,29). The van der Waals surface area contributed by atoms with Crippen molar-refractivity contribution >= 4 is 17.2 Å². The Morgan fingerprint density at radius 1 is 1.00 bits per heavy atom. The van der Waals surface area contributed by atoms with Crippen LogP contribution in [0.4, 0.5) is 18.9 Å². The summed E-state index contributed by atoms with van der Waals surface area (Å²) in [5.74, 6) is -0.485. The molecule has 0 saturated heterocycles. The molecule has 1 amide bonds. The molecule has 0 saturated carbocycles. The number of benzene rings is 2. The summed E-state index contributed by atoms with van der Waals surface area (Å²) in [6.45, 7) is 2.00. The van der Waals surface area contributed by atoms with Gasteiger partial charge in [-0.2, -0.15) is 13.2 Å². The maximum Gasteiger partial charge on any atom is 0.416 e. The molecule has 0 aliphatic rings. The Morgan fingerprint density at radius 3 is 2.48 bits per heavy atom. The van der Waals surface area contributed by atoms with E-state index in [9.17, 15) is 18.0 Å².